The Morgan fingerprint density at radius 2 is 2.13 bits per heavy atom. The summed E-state index contributed by atoms with van der Waals surface area (Å²) in [6, 6.07) is 0. The number of hydrogen-bond donors (Lipinski definition) is 2. The molecule has 0 bridgehead atoms. The van der Waals surface area contributed by atoms with E-state index < -0.39 is 5.60 Å². The molecule has 1 heterocycles. The van der Waals surface area contributed by atoms with Gasteiger partial charge in [0.2, 0.25) is 5.91 Å². The molecule has 0 unspecified atom stereocenters. The number of carbonyl (C=O) groups is 1. The molecule has 0 saturated carbocycles. The van der Waals surface area contributed by atoms with Crippen LogP contribution in [0.25, 0.3) is 0 Å². The Labute approximate surface area is 91.6 Å². The zero-order chi connectivity index (χ0) is 11.5. The standard InChI is InChI=1S/C11H22N2O2/c1-4-12-6-5-10(14)13-7-11(15,8-13)9(2)3/h9,12,15H,4-8H2,1-3H3. The van der Waals surface area contributed by atoms with E-state index in [0.717, 1.165) is 13.1 Å². The second kappa shape index (κ2) is 4.94. The number of hydrogen-bond acceptors (Lipinski definition) is 3. The Bertz CT molecular complexity index is 223. The summed E-state index contributed by atoms with van der Waals surface area (Å²) in [6.45, 7) is 8.60. The van der Waals surface area contributed by atoms with E-state index in [9.17, 15) is 9.90 Å². The number of nitrogens with one attached hydrogen (secondary N) is 1. The molecule has 0 radical (unpaired) electrons. The van der Waals surface area contributed by atoms with E-state index in [1.807, 2.05) is 20.8 Å². The summed E-state index contributed by atoms with van der Waals surface area (Å²) in [6.07, 6.45) is 0.530. The highest BCUT2D eigenvalue weighted by Gasteiger charge is 2.45. The Hall–Kier alpha value is -0.610. The minimum absolute atomic E-state index is 0.140. The normalized spacial score (nSPS) is 19.1. The Balaban J connectivity index is 2.23. The minimum atomic E-state index is -0.645. The van der Waals surface area contributed by atoms with Gasteiger partial charge in [-0.15, -0.1) is 0 Å². The lowest BCUT2D eigenvalue weighted by atomic mass is 9.83. The average molecular weight is 214 g/mol. The molecule has 15 heavy (non-hydrogen) atoms. The third-order valence-corrected chi connectivity index (χ3v) is 3.12. The fourth-order valence-electron chi connectivity index (χ4n) is 1.69. The van der Waals surface area contributed by atoms with E-state index >= 15 is 0 Å². The van der Waals surface area contributed by atoms with Gasteiger partial charge in [0.15, 0.2) is 0 Å². The topological polar surface area (TPSA) is 52.6 Å². The first-order valence-corrected chi connectivity index (χ1v) is 5.70. The molecule has 0 aliphatic carbocycles. The lowest BCUT2D eigenvalue weighted by molar-refractivity contribution is -0.163. The van der Waals surface area contributed by atoms with Gasteiger partial charge in [-0.1, -0.05) is 20.8 Å². The van der Waals surface area contributed by atoms with Gasteiger partial charge in [-0.3, -0.25) is 4.79 Å². The van der Waals surface area contributed by atoms with Crippen LogP contribution in [0.1, 0.15) is 27.2 Å². The van der Waals surface area contributed by atoms with Gasteiger partial charge in [0, 0.05) is 13.0 Å². The van der Waals surface area contributed by atoms with Crippen LogP contribution in [0.4, 0.5) is 0 Å². The van der Waals surface area contributed by atoms with Crippen molar-refractivity contribution < 1.29 is 9.90 Å². The van der Waals surface area contributed by atoms with Crippen molar-refractivity contribution in [1.29, 1.82) is 0 Å². The second-order valence-electron chi connectivity index (χ2n) is 4.61. The Kier molecular flexibility index (Phi) is 4.11. The average Bonchev–Trinajstić information content (AvgIpc) is 2.12. The van der Waals surface area contributed by atoms with Gasteiger partial charge in [0.05, 0.1) is 13.1 Å². The van der Waals surface area contributed by atoms with Crippen LogP contribution in [-0.4, -0.2) is 47.7 Å². The van der Waals surface area contributed by atoms with Crippen LogP contribution in [0.2, 0.25) is 0 Å². The lowest BCUT2D eigenvalue weighted by Gasteiger charge is -2.49. The predicted octanol–water partition coefficient (Wildman–Crippen LogP) is 0.215. The van der Waals surface area contributed by atoms with E-state index in [0.29, 0.717) is 19.5 Å². The molecule has 1 aliphatic heterocycles. The fourth-order valence-corrected chi connectivity index (χ4v) is 1.69. The number of carbonyl (C=O) groups excluding carboxylic acids is 1. The van der Waals surface area contributed by atoms with Crippen molar-refractivity contribution in [3.05, 3.63) is 0 Å². The molecule has 2 N–H and O–H groups in total. The zero-order valence-corrected chi connectivity index (χ0v) is 9.92. The summed E-state index contributed by atoms with van der Waals surface area (Å²) < 4.78 is 0. The molecule has 0 aromatic heterocycles. The molecule has 1 saturated heterocycles. The largest absolute Gasteiger partial charge is 0.386 e. The van der Waals surface area contributed by atoms with E-state index in [1.54, 1.807) is 4.90 Å². The van der Waals surface area contributed by atoms with Crippen LogP contribution >= 0.6 is 0 Å². The maximum absolute atomic E-state index is 11.6. The highest BCUT2D eigenvalue weighted by Crippen LogP contribution is 2.28. The van der Waals surface area contributed by atoms with E-state index in [2.05, 4.69) is 5.32 Å². The van der Waals surface area contributed by atoms with Crippen molar-refractivity contribution in [2.45, 2.75) is 32.8 Å². The predicted molar refractivity (Wildman–Crippen MR) is 59.5 cm³/mol. The number of β-amino-alcohol motifs (C(OH)–C–C–N with tert-alkyl or cyclic N) is 1. The second-order valence-corrected chi connectivity index (χ2v) is 4.61. The molecule has 1 rings (SSSR count). The van der Waals surface area contributed by atoms with Crippen molar-refractivity contribution in [3.8, 4) is 0 Å². The summed E-state index contributed by atoms with van der Waals surface area (Å²) in [4.78, 5) is 13.3. The van der Waals surface area contributed by atoms with Crippen molar-refractivity contribution in [3.63, 3.8) is 0 Å². The molecule has 0 atom stereocenters. The van der Waals surface area contributed by atoms with Crippen LogP contribution < -0.4 is 5.32 Å². The molecule has 4 heteroatoms. The molecule has 0 aromatic carbocycles. The van der Waals surface area contributed by atoms with Crippen molar-refractivity contribution in [2.24, 2.45) is 5.92 Å². The maximum Gasteiger partial charge on any atom is 0.224 e. The molecular weight excluding hydrogens is 192 g/mol. The monoisotopic (exact) mass is 214 g/mol. The SMILES string of the molecule is CCNCCC(=O)N1CC(O)(C(C)C)C1. The highest BCUT2D eigenvalue weighted by molar-refractivity contribution is 5.77. The molecule has 1 amide bonds. The maximum atomic E-state index is 11.6. The number of rotatable bonds is 5. The summed E-state index contributed by atoms with van der Waals surface area (Å²) >= 11 is 0. The fraction of sp³-hybridized carbons (Fsp3) is 0.909. The van der Waals surface area contributed by atoms with Crippen LogP contribution in [0.5, 0.6) is 0 Å². The van der Waals surface area contributed by atoms with Crippen molar-refractivity contribution in [1.82, 2.24) is 10.2 Å². The molecule has 0 aromatic rings. The first-order chi connectivity index (χ1) is 6.99. The first-order valence-electron chi connectivity index (χ1n) is 5.70. The van der Waals surface area contributed by atoms with Crippen LogP contribution in [0.3, 0.4) is 0 Å². The first kappa shape index (κ1) is 12.5. The van der Waals surface area contributed by atoms with E-state index in [4.69, 9.17) is 0 Å². The van der Waals surface area contributed by atoms with Gasteiger partial charge in [0.1, 0.15) is 5.60 Å². The van der Waals surface area contributed by atoms with Crippen LogP contribution in [-0.2, 0) is 4.79 Å². The number of likely N-dealkylation sites (tertiary alicyclic amines) is 1. The van der Waals surface area contributed by atoms with Gasteiger partial charge in [-0.05, 0) is 12.5 Å². The molecular formula is C11H22N2O2. The van der Waals surface area contributed by atoms with Gasteiger partial charge in [0.25, 0.3) is 0 Å². The molecule has 1 aliphatic rings. The van der Waals surface area contributed by atoms with Crippen molar-refractivity contribution in [2.75, 3.05) is 26.2 Å². The van der Waals surface area contributed by atoms with E-state index in [-0.39, 0.29) is 11.8 Å². The van der Waals surface area contributed by atoms with E-state index in [1.165, 1.54) is 0 Å². The minimum Gasteiger partial charge on any atom is -0.386 e. The van der Waals surface area contributed by atoms with Gasteiger partial charge < -0.3 is 15.3 Å². The quantitative estimate of drug-likeness (QED) is 0.644. The summed E-state index contributed by atoms with van der Waals surface area (Å²) in [5, 5.41) is 13.1. The van der Waals surface area contributed by atoms with Gasteiger partial charge >= 0.3 is 0 Å². The summed E-state index contributed by atoms with van der Waals surface area (Å²) in [5.74, 6) is 0.358. The summed E-state index contributed by atoms with van der Waals surface area (Å²) in [5.41, 5.74) is -0.645. The van der Waals surface area contributed by atoms with Crippen LogP contribution in [0.15, 0.2) is 0 Å². The Morgan fingerprint density at radius 1 is 1.53 bits per heavy atom. The Morgan fingerprint density at radius 3 is 2.60 bits per heavy atom. The highest BCUT2D eigenvalue weighted by atomic mass is 16.3. The van der Waals surface area contributed by atoms with Crippen LogP contribution in [0, 0.1) is 5.92 Å². The molecule has 88 valence electrons. The third-order valence-electron chi connectivity index (χ3n) is 3.12. The molecule has 1 fully saturated rings. The smallest absolute Gasteiger partial charge is 0.224 e. The third kappa shape index (κ3) is 2.92. The lowest BCUT2D eigenvalue weighted by Crippen LogP contribution is -2.66. The van der Waals surface area contributed by atoms with Gasteiger partial charge in [-0.25, -0.2) is 0 Å². The number of aliphatic hydroxyl groups is 1. The van der Waals surface area contributed by atoms with Crippen molar-refractivity contribution >= 4 is 5.91 Å². The molecule has 0 spiro atoms. The zero-order valence-electron chi connectivity index (χ0n) is 9.92. The number of amides is 1. The summed E-state index contributed by atoms with van der Waals surface area (Å²) in [7, 11) is 0. The van der Waals surface area contributed by atoms with Gasteiger partial charge in [-0.2, -0.15) is 0 Å². The molecule has 4 nitrogen and oxygen atoms in total. The number of nitrogens with zero attached hydrogens (tertiary/aromatic N) is 1.